The van der Waals surface area contributed by atoms with Crippen LogP contribution in [0.25, 0.3) is 0 Å². The monoisotopic (exact) mass is 514 g/mol. The van der Waals surface area contributed by atoms with Gasteiger partial charge in [0.15, 0.2) is 0 Å². The smallest absolute Gasteiger partial charge is 0.120 e. The zero-order valence-corrected chi connectivity index (χ0v) is 23.1. The van der Waals surface area contributed by atoms with Crippen LogP contribution in [0.5, 0.6) is 5.75 Å². The lowest BCUT2D eigenvalue weighted by Gasteiger charge is -2.12. The third kappa shape index (κ3) is 18.9. The largest absolute Gasteiger partial charge is 0.491 e. The first-order chi connectivity index (χ1) is 17.7. The Kier molecular flexibility index (Phi) is 21.9. The Labute approximate surface area is 218 Å². The normalized spacial score (nSPS) is 12.2. The highest BCUT2D eigenvalue weighted by Crippen LogP contribution is 2.19. The van der Waals surface area contributed by atoms with Crippen molar-refractivity contribution in [1.82, 2.24) is 0 Å². The second-order valence-electron chi connectivity index (χ2n) is 8.33. The zero-order chi connectivity index (χ0) is 26.1. The Morgan fingerprint density at radius 3 is 1.75 bits per heavy atom. The minimum atomic E-state index is 0.323. The number of rotatable bonds is 26. The van der Waals surface area contributed by atoms with Gasteiger partial charge in [0.2, 0.25) is 0 Å². The van der Waals surface area contributed by atoms with Crippen LogP contribution in [0.3, 0.4) is 0 Å². The van der Waals surface area contributed by atoms with Gasteiger partial charge in [-0.3, -0.25) is 0 Å². The molecule has 0 N–H and O–H groups in total. The van der Waals surface area contributed by atoms with Gasteiger partial charge in [0.05, 0.1) is 72.2 Å². The molecule has 0 unspecified atom stereocenters. The maximum Gasteiger partial charge on any atom is 0.120 e. The molecule has 36 heavy (non-hydrogen) atoms. The van der Waals surface area contributed by atoms with E-state index in [0.717, 1.165) is 37.2 Å². The molecule has 0 spiro atoms. The number of ether oxygens (including phenoxy) is 8. The second kappa shape index (κ2) is 24.1. The van der Waals surface area contributed by atoms with Crippen LogP contribution in [0, 0.1) is 0 Å². The topological polar surface area (TPSA) is 73.8 Å². The van der Waals surface area contributed by atoms with Crippen molar-refractivity contribution in [1.29, 1.82) is 0 Å². The van der Waals surface area contributed by atoms with E-state index in [0.29, 0.717) is 92.0 Å². The summed E-state index contributed by atoms with van der Waals surface area (Å²) in [6, 6.07) is 6.25. The van der Waals surface area contributed by atoms with Crippen molar-refractivity contribution >= 4 is 0 Å². The van der Waals surface area contributed by atoms with Gasteiger partial charge in [-0.15, -0.1) is 0 Å². The van der Waals surface area contributed by atoms with Crippen LogP contribution in [0.4, 0.5) is 0 Å². The van der Waals surface area contributed by atoms with Crippen LogP contribution in [-0.4, -0.2) is 92.0 Å². The van der Waals surface area contributed by atoms with Gasteiger partial charge in [-0.2, -0.15) is 0 Å². The maximum absolute atomic E-state index is 5.89. The Balaban J connectivity index is 2.07. The van der Waals surface area contributed by atoms with Crippen molar-refractivity contribution in [3.05, 3.63) is 29.3 Å². The summed E-state index contributed by atoms with van der Waals surface area (Å²) >= 11 is 0. The first kappa shape index (κ1) is 32.8. The molecule has 1 rings (SSSR count). The molecule has 1 atom stereocenters. The first-order valence-electron chi connectivity index (χ1n) is 13.5. The summed E-state index contributed by atoms with van der Waals surface area (Å²) in [6.45, 7) is 16.6. The maximum atomic E-state index is 5.89. The zero-order valence-electron chi connectivity index (χ0n) is 23.1. The van der Waals surface area contributed by atoms with E-state index in [-0.39, 0.29) is 0 Å². The Morgan fingerprint density at radius 2 is 1.14 bits per heavy atom. The van der Waals surface area contributed by atoms with Crippen molar-refractivity contribution in [2.75, 3.05) is 85.9 Å². The molecule has 8 heteroatoms. The number of hydrogen-bond donors (Lipinski definition) is 0. The van der Waals surface area contributed by atoms with E-state index < -0.39 is 0 Å². The number of aryl methyl sites for hydroxylation is 1. The van der Waals surface area contributed by atoms with Gasteiger partial charge in [0.25, 0.3) is 0 Å². The molecule has 8 nitrogen and oxygen atoms in total. The Hall–Kier alpha value is -1.26. The minimum Gasteiger partial charge on any atom is -0.491 e. The molecule has 0 heterocycles. The predicted octanol–water partition coefficient (Wildman–Crippen LogP) is 4.45. The molecular formula is C28H50O8. The fraction of sp³-hybridized carbons (Fsp3) is 0.786. The summed E-state index contributed by atoms with van der Waals surface area (Å²) in [5, 5.41) is 0. The summed E-state index contributed by atoms with van der Waals surface area (Å²) in [6.07, 6.45) is 3.21. The van der Waals surface area contributed by atoms with Gasteiger partial charge >= 0.3 is 0 Å². The van der Waals surface area contributed by atoms with E-state index in [1.807, 2.05) is 13.0 Å². The third-order valence-electron chi connectivity index (χ3n) is 5.30. The summed E-state index contributed by atoms with van der Waals surface area (Å²) in [5.41, 5.74) is 2.31. The molecule has 0 saturated heterocycles. The van der Waals surface area contributed by atoms with Gasteiger partial charge in [0.1, 0.15) is 12.4 Å². The first-order valence-corrected chi connectivity index (χ1v) is 13.5. The Bertz CT molecular complexity index is 613. The molecule has 1 aromatic carbocycles. The molecule has 1 aromatic rings. The van der Waals surface area contributed by atoms with Gasteiger partial charge in [-0.1, -0.05) is 19.9 Å². The SMILES string of the molecule is CCOCCOCCOCCOc1cc(CC)cc(COCCOCCOCCCO[C@@H](C)CC)c1. The molecule has 0 saturated carbocycles. The van der Waals surface area contributed by atoms with Crippen LogP contribution in [0.1, 0.15) is 51.7 Å². The van der Waals surface area contributed by atoms with Crippen molar-refractivity contribution in [3.63, 3.8) is 0 Å². The van der Waals surface area contributed by atoms with E-state index in [4.69, 9.17) is 37.9 Å². The van der Waals surface area contributed by atoms with E-state index >= 15 is 0 Å². The van der Waals surface area contributed by atoms with E-state index in [9.17, 15) is 0 Å². The molecule has 0 radical (unpaired) electrons. The molecule has 0 amide bonds. The third-order valence-corrected chi connectivity index (χ3v) is 5.30. The summed E-state index contributed by atoms with van der Waals surface area (Å²) in [4.78, 5) is 0. The lowest BCUT2D eigenvalue weighted by molar-refractivity contribution is 0.00198. The highest BCUT2D eigenvalue weighted by atomic mass is 16.6. The minimum absolute atomic E-state index is 0.323. The van der Waals surface area contributed by atoms with E-state index in [1.54, 1.807) is 0 Å². The van der Waals surface area contributed by atoms with Crippen LogP contribution < -0.4 is 4.74 Å². The van der Waals surface area contributed by atoms with Gasteiger partial charge < -0.3 is 37.9 Å². The average molecular weight is 515 g/mol. The van der Waals surface area contributed by atoms with Crippen molar-refractivity contribution in [2.45, 2.75) is 59.7 Å². The van der Waals surface area contributed by atoms with Crippen LogP contribution >= 0.6 is 0 Å². The molecule has 0 fully saturated rings. The Morgan fingerprint density at radius 1 is 0.583 bits per heavy atom. The van der Waals surface area contributed by atoms with Gasteiger partial charge in [-0.25, -0.2) is 0 Å². The lowest BCUT2D eigenvalue weighted by Crippen LogP contribution is -2.13. The van der Waals surface area contributed by atoms with Gasteiger partial charge in [0, 0.05) is 19.8 Å². The molecule has 0 aliphatic heterocycles. The fourth-order valence-corrected chi connectivity index (χ4v) is 3.10. The van der Waals surface area contributed by atoms with E-state index in [1.165, 1.54) is 5.56 Å². The summed E-state index contributed by atoms with van der Waals surface area (Å²) in [7, 11) is 0. The van der Waals surface area contributed by atoms with Crippen molar-refractivity contribution in [3.8, 4) is 5.75 Å². The molecule has 0 aromatic heterocycles. The van der Waals surface area contributed by atoms with Crippen LogP contribution in [-0.2, 0) is 46.2 Å². The number of hydrogen-bond acceptors (Lipinski definition) is 8. The average Bonchev–Trinajstić information content (AvgIpc) is 2.90. The fourth-order valence-electron chi connectivity index (χ4n) is 3.10. The highest BCUT2D eigenvalue weighted by molar-refractivity contribution is 5.34. The molecule has 210 valence electrons. The van der Waals surface area contributed by atoms with Crippen LogP contribution in [0.15, 0.2) is 18.2 Å². The molecule has 0 aliphatic carbocycles. The van der Waals surface area contributed by atoms with Crippen molar-refractivity contribution in [2.24, 2.45) is 0 Å². The quantitative estimate of drug-likeness (QED) is 0.168. The molecular weight excluding hydrogens is 464 g/mol. The lowest BCUT2D eigenvalue weighted by atomic mass is 10.1. The van der Waals surface area contributed by atoms with E-state index in [2.05, 4.69) is 32.9 Å². The standard InChI is InChI=1S/C28H50O8/c1-5-25(4)35-10-8-9-30-13-14-32-17-18-34-24-27-21-26(6-2)22-28(23-27)36-20-19-33-16-15-31-12-11-29-7-3/h21-23,25H,5-20,24H2,1-4H3/t25-/m0/s1. The van der Waals surface area contributed by atoms with Crippen molar-refractivity contribution < 1.29 is 37.9 Å². The predicted molar refractivity (Wildman–Crippen MR) is 141 cm³/mol. The molecule has 0 bridgehead atoms. The summed E-state index contributed by atoms with van der Waals surface area (Å²) in [5.74, 6) is 0.840. The number of benzene rings is 1. The second-order valence-corrected chi connectivity index (χ2v) is 8.33. The highest BCUT2D eigenvalue weighted by Gasteiger charge is 2.03. The van der Waals surface area contributed by atoms with Gasteiger partial charge in [-0.05, 0) is 56.4 Å². The summed E-state index contributed by atoms with van der Waals surface area (Å²) < 4.78 is 44.6. The van der Waals surface area contributed by atoms with Crippen LogP contribution in [0.2, 0.25) is 0 Å². The molecule has 0 aliphatic rings.